The summed E-state index contributed by atoms with van der Waals surface area (Å²) in [6, 6.07) is 5.68. The molecular formula is C13H14FN3O2. The normalized spacial score (nSPS) is 10.3. The molecule has 1 aromatic carbocycles. The second-order valence-corrected chi connectivity index (χ2v) is 3.97. The Morgan fingerprint density at radius 1 is 1.37 bits per heavy atom. The van der Waals surface area contributed by atoms with Crippen LogP contribution >= 0.6 is 0 Å². The van der Waals surface area contributed by atoms with E-state index in [4.69, 9.17) is 15.2 Å². The lowest BCUT2D eigenvalue weighted by Crippen LogP contribution is -2.04. The van der Waals surface area contributed by atoms with Gasteiger partial charge in [0.25, 0.3) is 0 Å². The standard InChI is InChI=1S/C13H14FN3O2/c1-8-5-10(18-2)4-3-9(8)7-19-13-16-6-11(14)12(15)17-13/h3-6H,7H2,1-2H3,(H2,15,16,17). The van der Waals surface area contributed by atoms with E-state index in [1.807, 2.05) is 25.1 Å². The second kappa shape index (κ2) is 5.51. The molecule has 0 bridgehead atoms. The molecule has 0 saturated carbocycles. The number of hydrogen-bond acceptors (Lipinski definition) is 5. The molecule has 0 fully saturated rings. The molecular weight excluding hydrogens is 249 g/mol. The number of anilines is 1. The van der Waals surface area contributed by atoms with Crippen molar-refractivity contribution >= 4 is 5.82 Å². The van der Waals surface area contributed by atoms with Crippen LogP contribution in [0.5, 0.6) is 11.8 Å². The summed E-state index contributed by atoms with van der Waals surface area (Å²) in [5.74, 6) is -0.104. The zero-order valence-electron chi connectivity index (χ0n) is 10.7. The molecule has 0 radical (unpaired) electrons. The van der Waals surface area contributed by atoms with Crippen molar-refractivity contribution in [2.45, 2.75) is 13.5 Å². The fourth-order valence-corrected chi connectivity index (χ4v) is 1.53. The van der Waals surface area contributed by atoms with E-state index in [1.165, 1.54) is 0 Å². The number of aryl methyl sites for hydroxylation is 1. The molecule has 2 aromatic rings. The van der Waals surface area contributed by atoms with Gasteiger partial charge in [0.15, 0.2) is 11.6 Å². The fourth-order valence-electron chi connectivity index (χ4n) is 1.53. The molecule has 2 rings (SSSR count). The number of benzene rings is 1. The molecule has 0 aliphatic heterocycles. The van der Waals surface area contributed by atoms with E-state index in [0.29, 0.717) is 0 Å². The lowest BCUT2D eigenvalue weighted by Gasteiger charge is -2.09. The minimum atomic E-state index is -0.659. The van der Waals surface area contributed by atoms with Crippen LogP contribution in [0.25, 0.3) is 0 Å². The molecule has 6 heteroatoms. The zero-order valence-corrected chi connectivity index (χ0v) is 10.7. The van der Waals surface area contributed by atoms with E-state index in [1.54, 1.807) is 7.11 Å². The summed E-state index contributed by atoms with van der Waals surface area (Å²) >= 11 is 0. The first-order valence-electron chi connectivity index (χ1n) is 5.64. The highest BCUT2D eigenvalue weighted by atomic mass is 19.1. The Bertz CT molecular complexity index is 590. The number of halogens is 1. The van der Waals surface area contributed by atoms with Gasteiger partial charge in [-0.05, 0) is 30.2 Å². The number of nitrogen functional groups attached to an aromatic ring is 1. The molecule has 0 aliphatic rings. The maximum atomic E-state index is 12.9. The van der Waals surface area contributed by atoms with E-state index in [9.17, 15) is 4.39 Å². The smallest absolute Gasteiger partial charge is 0.318 e. The van der Waals surface area contributed by atoms with Crippen molar-refractivity contribution in [2.24, 2.45) is 0 Å². The van der Waals surface area contributed by atoms with Crippen LogP contribution in [-0.2, 0) is 6.61 Å². The Balaban J connectivity index is 2.07. The molecule has 0 amide bonds. The summed E-state index contributed by atoms with van der Waals surface area (Å²) in [7, 11) is 1.61. The molecule has 0 saturated heterocycles. The Morgan fingerprint density at radius 3 is 2.79 bits per heavy atom. The number of hydrogen-bond donors (Lipinski definition) is 1. The van der Waals surface area contributed by atoms with Gasteiger partial charge in [-0.1, -0.05) is 6.07 Å². The van der Waals surface area contributed by atoms with Gasteiger partial charge in [0, 0.05) is 0 Å². The van der Waals surface area contributed by atoms with Gasteiger partial charge in [-0.2, -0.15) is 4.98 Å². The highest BCUT2D eigenvalue weighted by Gasteiger charge is 2.06. The Kier molecular flexibility index (Phi) is 3.79. The quantitative estimate of drug-likeness (QED) is 0.914. The van der Waals surface area contributed by atoms with Crippen LogP contribution in [-0.4, -0.2) is 17.1 Å². The van der Waals surface area contributed by atoms with Crippen molar-refractivity contribution in [3.05, 3.63) is 41.3 Å². The number of nitrogens with zero attached hydrogens (tertiary/aromatic N) is 2. The SMILES string of the molecule is COc1ccc(COc2ncc(F)c(N)n2)c(C)c1. The van der Waals surface area contributed by atoms with E-state index in [0.717, 1.165) is 23.1 Å². The third-order valence-electron chi connectivity index (χ3n) is 2.66. The first-order valence-corrected chi connectivity index (χ1v) is 5.64. The summed E-state index contributed by atoms with van der Waals surface area (Å²) in [6.45, 7) is 2.22. The van der Waals surface area contributed by atoms with E-state index >= 15 is 0 Å². The van der Waals surface area contributed by atoms with Crippen LogP contribution in [0.4, 0.5) is 10.2 Å². The Morgan fingerprint density at radius 2 is 2.16 bits per heavy atom. The molecule has 5 nitrogen and oxygen atoms in total. The van der Waals surface area contributed by atoms with Gasteiger partial charge in [0.2, 0.25) is 0 Å². The maximum absolute atomic E-state index is 12.9. The van der Waals surface area contributed by atoms with Gasteiger partial charge in [0.05, 0.1) is 13.3 Å². The third-order valence-corrected chi connectivity index (χ3v) is 2.66. The fraction of sp³-hybridized carbons (Fsp3) is 0.231. The van der Waals surface area contributed by atoms with Crippen molar-refractivity contribution in [1.82, 2.24) is 9.97 Å². The topological polar surface area (TPSA) is 70.3 Å². The molecule has 0 aliphatic carbocycles. The van der Waals surface area contributed by atoms with Crippen molar-refractivity contribution in [3.8, 4) is 11.8 Å². The molecule has 1 aromatic heterocycles. The van der Waals surface area contributed by atoms with Gasteiger partial charge in [0.1, 0.15) is 12.4 Å². The molecule has 2 N–H and O–H groups in total. The summed E-state index contributed by atoms with van der Waals surface area (Å²) in [5.41, 5.74) is 7.32. The van der Waals surface area contributed by atoms with E-state index in [-0.39, 0.29) is 18.4 Å². The van der Waals surface area contributed by atoms with Crippen LogP contribution < -0.4 is 15.2 Å². The summed E-state index contributed by atoms with van der Waals surface area (Å²) < 4.78 is 23.4. The summed E-state index contributed by atoms with van der Waals surface area (Å²) in [5, 5.41) is 0. The highest BCUT2D eigenvalue weighted by molar-refractivity contribution is 5.34. The monoisotopic (exact) mass is 263 g/mol. The molecule has 1 heterocycles. The average Bonchev–Trinajstić information content (AvgIpc) is 2.41. The van der Waals surface area contributed by atoms with Crippen LogP contribution in [0.1, 0.15) is 11.1 Å². The highest BCUT2D eigenvalue weighted by Crippen LogP contribution is 2.18. The number of aromatic nitrogens is 2. The number of methoxy groups -OCH3 is 1. The second-order valence-electron chi connectivity index (χ2n) is 3.97. The number of rotatable bonds is 4. The van der Waals surface area contributed by atoms with E-state index < -0.39 is 5.82 Å². The van der Waals surface area contributed by atoms with Crippen molar-refractivity contribution in [3.63, 3.8) is 0 Å². The van der Waals surface area contributed by atoms with Crippen molar-refractivity contribution in [1.29, 1.82) is 0 Å². The maximum Gasteiger partial charge on any atom is 0.318 e. The van der Waals surface area contributed by atoms with Gasteiger partial charge in [-0.25, -0.2) is 9.37 Å². The number of nitrogens with two attached hydrogens (primary N) is 1. The summed E-state index contributed by atoms with van der Waals surface area (Å²) in [6.07, 6.45) is 0.985. The molecule has 19 heavy (non-hydrogen) atoms. The largest absolute Gasteiger partial charge is 0.497 e. The zero-order chi connectivity index (χ0) is 13.8. The minimum Gasteiger partial charge on any atom is -0.497 e. The van der Waals surface area contributed by atoms with Gasteiger partial charge in [-0.3, -0.25) is 0 Å². The molecule has 0 atom stereocenters. The predicted octanol–water partition coefficient (Wildman–Crippen LogP) is 2.09. The van der Waals surface area contributed by atoms with Crippen molar-refractivity contribution < 1.29 is 13.9 Å². The van der Waals surface area contributed by atoms with Crippen LogP contribution in [0.2, 0.25) is 0 Å². The van der Waals surface area contributed by atoms with E-state index in [2.05, 4.69) is 9.97 Å². The summed E-state index contributed by atoms with van der Waals surface area (Å²) in [4.78, 5) is 7.40. The Hall–Kier alpha value is -2.37. The lowest BCUT2D eigenvalue weighted by molar-refractivity contribution is 0.279. The lowest BCUT2D eigenvalue weighted by atomic mass is 10.1. The first-order chi connectivity index (χ1) is 9.10. The molecule has 0 spiro atoms. The van der Waals surface area contributed by atoms with Gasteiger partial charge < -0.3 is 15.2 Å². The van der Waals surface area contributed by atoms with Gasteiger partial charge in [-0.15, -0.1) is 0 Å². The minimum absolute atomic E-state index is 0.0501. The number of ether oxygens (including phenoxy) is 2. The predicted molar refractivity (Wildman–Crippen MR) is 68.5 cm³/mol. The van der Waals surface area contributed by atoms with Crippen molar-refractivity contribution in [2.75, 3.05) is 12.8 Å². The van der Waals surface area contributed by atoms with Crippen LogP contribution in [0.3, 0.4) is 0 Å². The van der Waals surface area contributed by atoms with Crippen LogP contribution in [0.15, 0.2) is 24.4 Å². The Labute approximate surface area is 110 Å². The third kappa shape index (κ3) is 3.09. The molecule has 0 unspecified atom stereocenters. The van der Waals surface area contributed by atoms with Gasteiger partial charge >= 0.3 is 6.01 Å². The molecule has 100 valence electrons. The van der Waals surface area contributed by atoms with Crippen LogP contribution in [0, 0.1) is 12.7 Å². The first kappa shape index (κ1) is 13.1. The average molecular weight is 263 g/mol.